The summed E-state index contributed by atoms with van der Waals surface area (Å²) >= 11 is 0. The van der Waals surface area contributed by atoms with Crippen LogP contribution in [0.15, 0.2) is 23.4 Å². The number of amidine groups is 1. The summed E-state index contributed by atoms with van der Waals surface area (Å²) in [5, 5.41) is 16.6. The predicted octanol–water partition coefficient (Wildman–Crippen LogP) is 1.80. The molecule has 0 fully saturated rings. The summed E-state index contributed by atoms with van der Waals surface area (Å²) in [4.78, 5) is 4.50. The topological polar surface area (TPSA) is 89.3 Å². The number of nitrogens with two attached hydrogens (primary N) is 1. The van der Waals surface area contributed by atoms with Gasteiger partial charge in [0.15, 0.2) is 11.7 Å². The van der Waals surface area contributed by atoms with Crippen LogP contribution in [0.4, 0.5) is 0 Å². The van der Waals surface area contributed by atoms with Crippen LogP contribution >= 0.6 is 0 Å². The van der Waals surface area contributed by atoms with Crippen LogP contribution in [-0.2, 0) is 12.8 Å². The number of oxime groups is 1. The van der Waals surface area contributed by atoms with E-state index in [0.717, 1.165) is 35.7 Å². The second kappa shape index (κ2) is 5.73. The zero-order valence-electron chi connectivity index (χ0n) is 12.0. The minimum atomic E-state index is 0.0688. The lowest BCUT2D eigenvalue weighted by molar-refractivity contribution is 0.318. The summed E-state index contributed by atoms with van der Waals surface area (Å²) in [5.41, 5.74) is 8.23. The molecule has 20 heavy (non-hydrogen) atoms. The largest absolute Gasteiger partial charge is 0.409 e. The van der Waals surface area contributed by atoms with Gasteiger partial charge in [0, 0.05) is 18.4 Å². The summed E-state index contributed by atoms with van der Waals surface area (Å²) in [6.07, 6.45) is 1.53. The van der Waals surface area contributed by atoms with Crippen molar-refractivity contribution < 1.29 is 5.21 Å². The molecule has 0 aliphatic rings. The first-order valence-corrected chi connectivity index (χ1v) is 6.65. The van der Waals surface area contributed by atoms with E-state index in [0.29, 0.717) is 5.56 Å². The van der Waals surface area contributed by atoms with Crippen molar-refractivity contribution in [2.45, 2.75) is 33.6 Å². The van der Waals surface area contributed by atoms with Gasteiger partial charge in [0.2, 0.25) is 0 Å². The molecule has 2 aromatic rings. The van der Waals surface area contributed by atoms with Gasteiger partial charge in [0.05, 0.1) is 5.69 Å². The summed E-state index contributed by atoms with van der Waals surface area (Å²) in [6, 6.07) is 5.65. The highest BCUT2D eigenvalue weighted by Gasteiger charge is 2.16. The first kappa shape index (κ1) is 14.0. The molecule has 0 unspecified atom stereocenters. The molecule has 0 aliphatic carbocycles. The van der Waals surface area contributed by atoms with E-state index < -0.39 is 0 Å². The van der Waals surface area contributed by atoms with Gasteiger partial charge in [0.1, 0.15) is 5.82 Å². The molecule has 0 radical (unpaired) electrons. The van der Waals surface area contributed by atoms with Gasteiger partial charge in [-0.2, -0.15) is 5.10 Å². The standard InChI is InChI=1S/C14H19N5O/c1-4-11-16-12(5-2)19(17-11)13-9(3)7-6-8-10(13)14(15)18-20/h6-8,20H,4-5H2,1-3H3,(H2,15,18). The normalized spacial score (nSPS) is 11.8. The zero-order valence-corrected chi connectivity index (χ0v) is 12.0. The second-order valence-corrected chi connectivity index (χ2v) is 4.52. The number of rotatable bonds is 4. The molecule has 0 aliphatic heterocycles. The average molecular weight is 273 g/mol. The van der Waals surface area contributed by atoms with Crippen LogP contribution in [0.1, 0.15) is 36.6 Å². The first-order chi connectivity index (χ1) is 9.62. The maximum atomic E-state index is 8.95. The number of aryl methyl sites for hydroxylation is 3. The van der Waals surface area contributed by atoms with Crippen molar-refractivity contribution in [3.63, 3.8) is 0 Å². The maximum Gasteiger partial charge on any atom is 0.172 e. The molecule has 0 saturated heterocycles. The van der Waals surface area contributed by atoms with E-state index in [1.807, 2.05) is 39.0 Å². The summed E-state index contributed by atoms with van der Waals surface area (Å²) in [7, 11) is 0. The Labute approximate surface area is 117 Å². The van der Waals surface area contributed by atoms with Crippen molar-refractivity contribution in [1.82, 2.24) is 14.8 Å². The zero-order chi connectivity index (χ0) is 14.7. The number of aromatic nitrogens is 3. The number of hydrogen-bond donors (Lipinski definition) is 2. The van der Waals surface area contributed by atoms with E-state index in [1.165, 1.54) is 0 Å². The highest BCUT2D eigenvalue weighted by molar-refractivity contribution is 6.00. The third-order valence-corrected chi connectivity index (χ3v) is 3.18. The van der Waals surface area contributed by atoms with E-state index in [4.69, 9.17) is 10.9 Å². The molecule has 0 saturated carbocycles. The summed E-state index contributed by atoms with van der Waals surface area (Å²) < 4.78 is 1.79. The number of para-hydroxylation sites is 1. The number of benzene rings is 1. The molecule has 0 spiro atoms. The molecule has 1 aromatic carbocycles. The van der Waals surface area contributed by atoms with Crippen molar-refractivity contribution >= 4 is 5.84 Å². The van der Waals surface area contributed by atoms with Crippen LogP contribution in [0.5, 0.6) is 0 Å². The van der Waals surface area contributed by atoms with Gasteiger partial charge >= 0.3 is 0 Å². The molecule has 6 nitrogen and oxygen atoms in total. The quantitative estimate of drug-likeness (QED) is 0.385. The molecule has 1 aromatic heterocycles. The van der Waals surface area contributed by atoms with Crippen molar-refractivity contribution in [2.24, 2.45) is 10.9 Å². The molecule has 3 N–H and O–H groups in total. The van der Waals surface area contributed by atoms with E-state index in [1.54, 1.807) is 4.68 Å². The van der Waals surface area contributed by atoms with Gasteiger partial charge in [-0.15, -0.1) is 0 Å². The second-order valence-electron chi connectivity index (χ2n) is 4.52. The smallest absolute Gasteiger partial charge is 0.172 e. The molecule has 6 heteroatoms. The third kappa shape index (κ3) is 2.36. The third-order valence-electron chi connectivity index (χ3n) is 3.18. The number of hydrogen-bond acceptors (Lipinski definition) is 4. The minimum absolute atomic E-state index is 0.0688. The van der Waals surface area contributed by atoms with Gasteiger partial charge < -0.3 is 10.9 Å². The average Bonchev–Trinajstić information content (AvgIpc) is 2.89. The highest BCUT2D eigenvalue weighted by atomic mass is 16.4. The fourth-order valence-corrected chi connectivity index (χ4v) is 2.15. The van der Waals surface area contributed by atoms with Gasteiger partial charge in [-0.05, 0) is 18.6 Å². The van der Waals surface area contributed by atoms with E-state index in [2.05, 4.69) is 15.2 Å². The Kier molecular flexibility index (Phi) is 4.02. The van der Waals surface area contributed by atoms with Crippen molar-refractivity contribution in [3.05, 3.63) is 41.0 Å². The van der Waals surface area contributed by atoms with E-state index >= 15 is 0 Å². The predicted molar refractivity (Wildman–Crippen MR) is 77.4 cm³/mol. The molecule has 0 amide bonds. The molecular formula is C14H19N5O. The van der Waals surface area contributed by atoms with Crippen LogP contribution < -0.4 is 5.73 Å². The summed E-state index contributed by atoms with van der Waals surface area (Å²) in [5.74, 6) is 1.72. The fourth-order valence-electron chi connectivity index (χ4n) is 2.15. The van der Waals surface area contributed by atoms with Crippen LogP contribution in [0, 0.1) is 6.92 Å². The Morgan fingerprint density at radius 2 is 2.10 bits per heavy atom. The highest BCUT2D eigenvalue weighted by Crippen LogP contribution is 2.20. The van der Waals surface area contributed by atoms with Crippen LogP contribution in [-0.4, -0.2) is 25.8 Å². The monoisotopic (exact) mass is 273 g/mol. The van der Waals surface area contributed by atoms with Crippen molar-refractivity contribution in [1.29, 1.82) is 0 Å². The molecule has 0 atom stereocenters. The van der Waals surface area contributed by atoms with Crippen molar-refractivity contribution in [2.75, 3.05) is 0 Å². The Bertz CT molecular complexity index is 645. The molecule has 2 rings (SSSR count). The van der Waals surface area contributed by atoms with Crippen LogP contribution in [0.3, 0.4) is 0 Å². The Balaban J connectivity index is 2.71. The summed E-state index contributed by atoms with van der Waals surface area (Å²) in [6.45, 7) is 6.01. The molecule has 106 valence electrons. The van der Waals surface area contributed by atoms with E-state index in [9.17, 15) is 0 Å². The van der Waals surface area contributed by atoms with E-state index in [-0.39, 0.29) is 5.84 Å². The SMILES string of the molecule is CCc1nc(CC)n(-c2c(C)cccc2/C(N)=N/O)n1. The van der Waals surface area contributed by atoms with Crippen LogP contribution in [0.2, 0.25) is 0 Å². The Morgan fingerprint density at radius 3 is 2.70 bits per heavy atom. The Hall–Kier alpha value is -2.37. The van der Waals surface area contributed by atoms with Gasteiger partial charge in [0.25, 0.3) is 0 Å². The van der Waals surface area contributed by atoms with Crippen LogP contribution in [0.25, 0.3) is 5.69 Å². The molecular weight excluding hydrogens is 254 g/mol. The molecule has 0 bridgehead atoms. The first-order valence-electron chi connectivity index (χ1n) is 6.65. The Morgan fingerprint density at radius 1 is 1.35 bits per heavy atom. The fraction of sp³-hybridized carbons (Fsp3) is 0.357. The van der Waals surface area contributed by atoms with Crippen molar-refractivity contribution in [3.8, 4) is 5.69 Å². The van der Waals surface area contributed by atoms with Gasteiger partial charge in [-0.3, -0.25) is 0 Å². The lowest BCUT2D eigenvalue weighted by atomic mass is 10.1. The molecule has 1 heterocycles. The lowest BCUT2D eigenvalue weighted by Gasteiger charge is -2.13. The van der Waals surface area contributed by atoms with Gasteiger partial charge in [-0.1, -0.05) is 31.1 Å². The minimum Gasteiger partial charge on any atom is -0.409 e. The van der Waals surface area contributed by atoms with Gasteiger partial charge in [-0.25, -0.2) is 9.67 Å². The lowest BCUT2D eigenvalue weighted by Crippen LogP contribution is -2.18. The number of nitrogens with zero attached hydrogens (tertiary/aromatic N) is 4. The maximum absolute atomic E-state index is 8.95.